The summed E-state index contributed by atoms with van der Waals surface area (Å²) in [6, 6.07) is 0. The molecule has 0 aliphatic carbocycles. The highest BCUT2D eigenvalue weighted by Gasteiger charge is 2.05. The van der Waals surface area contributed by atoms with Crippen LogP contribution in [0.5, 0.6) is 0 Å². The molecule has 0 radical (unpaired) electrons. The first-order chi connectivity index (χ1) is 7.06. The Bertz CT molecular complexity index is 239. The lowest BCUT2D eigenvalue weighted by molar-refractivity contribution is -0.151. The smallest absolute Gasteiger partial charge is 0.410 e. The highest BCUT2D eigenvalue weighted by molar-refractivity contribution is 5.81. The molecular weight excluding hydrogens is 202 g/mol. The van der Waals surface area contributed by atoms with E-state index < -0.39 is 18.9 Å². The van der Waals surface area contributed by atoms with Crippen LogP contribution < -0.4 is 5.32 Å². The van der Waals surface area contributed by atoms with E-state index in [0.717, 1.165) is 0 Å². The first-order valence-corrected chi connectivity index (χ1v) is 4.62. The Balaban J connectivity index is 3.46. The lowest BCUT2D eigenvalue weighted by Crippen LogP contribution is -2.29. The summed E-state index contributed by atoms with van der Waals surface area (Å²) in [7, 11) is 0. The monoisotopic (exact) mass is 217 g/mol. The molecule has 0 unspecified atom stereocenters. The number of esters is 1. The van der Waals surface area contributed by atoms with E-state index in [9.17, 15) is 14.4 Å². The lowest BCUT2D eigenvalue weighted by atomic mass is 10.3. The number of ketones is 1. The normalized spacial score (nSPS) is 9.20. The van der Waals surface area contributed by atoms with Crippen molar-refractivity contribution >= 4 is 17.8 Å². The van der Waals surface area contributed by atoms with Gasteiger partial charge in [-0.25, -0.2) is 4.79 Å². The minimum Gasteiger partial charge on any atom is -0.428 e. The zero-order valence-electron chi connectivity index (χ0n) is 8.87. The first-order valence-electron chi connectivity index (χ1n) is 4.62. The SMILES string of the molecule is CCCC(=O)OCOC(=O)NCC(C)=O. The molecule has 0 aromatic carbocycles. The van der Waals surface area contributed by atoms with Crippen molar-refractivity contribution in [2.75, 3.05) is 13.3 Å². The Labute approximate surface area is 87.9 Å². The molecule has 15 heavy (non-hydrogen) atoms. The zero-order chi connectivity index (χ0) is 11.7. The predicted octanol–water partition coefficient (Wildman–Crippen LogP) is 0.602. The van der Waals surface area contributed by atoms with Crippen LogP contribution in [0.2, 0.25) is 0 Å². The second-order valence-corrected chi connectivity index (χ2v) is 2.87. The Morgan fingerprint density at radius 3 is 2.40 bits per heavy atom. The lowest BCUT2D eigenvalue weighted by Gasteiger charge is -2.06. The molecule has 0 spiro atoms. The number of rotatable bonds is 6. The van der Waals surface area contributed by atoms with E-state index in [4.69, 9.17) is 0 Å². The van der Waals surface area contributed by atoms with E-state index in [1.807, 2.05) is 6.92 Å². The number of carbonyl (C=O) groups excluding carboxylic acids is 3. The van der Waals surface area contributed by atoms with Crippen molar-refractivity contribution in [1.82, 2.24) is 5.32 Å². The second-order valence-electron chi connectivity index (χ2n) is 2.87. The van der Waals surface area contributed by atoms with Gasteiger partial charge in [0, 0.05) is 6.42 Å². The van der Waals surface area contributed by atoms with E-state index in [0.29, 0.717) is 12.8 Å². The summed E-state index contributed by atoms with van der Waals surface area (Å²) < 4.78 is 9.02. The average molecular weight is 217 g/mol. The molecule has 1 N–H and O–H groups in total. The molecule has 0 aromatic heterocycles. The Kier molecular flexibility index (Phi) is 6.96. The third kappa shape index (κ3) is 8.73. The van der Waals surface area contributed by atoms with Gasteiger partial charge in [0.15, 0.2) is 0 Å². The molecule has 6 heteroatoms. The van der Waals surface area contributed by atoms with Gasteiger partial charge in [0.2, 0.25) is 6.79 Å². The van der Waals surface area contributed by atoms with Crippen molar-refractivity contribution in [2.45, 2.75) is 26.7 Å². The fraction of sp³-hybridized carbons (Fsp3) is 0.667. The molecule has 0 aromatic rings. The summed E-state index contributed by atoms with van der Waals surface area (Å²) in [5, 5.41) is 2.19. The third-order valence-corrected chi connectivity index (χ3v) is 1.35. The first kappa shape index (κ1) is 13.4. The minimum atomic E-state index is -0.783. The van der Waals surface area contributed by atoms with Crippen LogP contribution in [0, 0.1) is 0 Å². The molecule has 86 valence electrons. The van der Waals surface area contributed by atoms with Crippen LogP contribution in [-0.2, 0) is 19.1 Å². The van der Waals surface area contributed by atoms with Crippen molar-refractivity contribution in [3.05, 3.63) is 0 Å². The fourth-order valence-electron chi connectivity index (χ4n) is 0.673. The van der Waals surface area contributed by atoms with Crippen molar-refractivity contribution in [2.24, 2.45) is 0 Å². The van der Waals surface area contributed by atoms with Crippen LogP contribution in [0.25, 0.3) is 0 Å². The molecule has 0 saturated heterocycles. The van der Waals surface area contributed by atoms with Gasteiger partial charge in [-0.2, -0.15) is 0 Å². The van der Waals surface area contributed by atoms with Crippen LogP contribution in [0.15, 0.2) is 0 Å². The van der Waals surface area contributed by atoms with Gasteiger partial charge < -0.3 is 14.8 Å². The van der Waals surface area contributed by atoms with Crippen LogP contribution in [0.4, 0.5) is 4.79 Å². The number of carbonyl (C=O) groups is 3. The van der Waals surface area contributed by atoms with Gasteiger partial charge in [-0.1, -0.05) is 6.92 Å². The maximum Gasteiger partial charge on any atom is 0.410 e. The summed E-state index contributed by atoms with van der Waals surface area (Å²) in [4.78, 5) is 32.1. The molecule has 0 fully saturated rings. The maximum absolute atomic E-state index is 10.8. The van der Waals surface area contributed by atoms with Crippen LogP contribution in [0.1, 0.15) is 26.7 Å². The van der Waals surface area contributed by atoms with E-state index in [1.165, 1.54) is 6.92 Å². The predicted molar refractivity (Wildman–Crippen MR) is 51.0 cm³/mol. The number of hydrogen-bond donors (Lipinski definition) is 1. The summed E-state index contributed by atoms with van der Waals surface area (Å²) in [6.07, 6.45) is 0.183. The van der Waals surface area contributed by atoms with Gasteiger partial charge in [0.1, 0.15) is 5.78 Å². The molecule has 0 atom stereocenters. The largest absolute Gasteiger partial charge is 0.428 e. The quantitative estimate of drug-likeness (QED) is 0.520. The summed E-state index contributed by atoms with van der Waals surface area (Å²) in [5.41, 5.74) is 0. The van der Waals surface area contributed by atoms with Gasteiger partial charge in [0.25, 0.3) is 0 Å². The molecule has 0 saturated carbocycles. The summed E-state index contributed by atoms with van der Waals surface area (Å²) in [5.74, 6) is -0.605. The van der Waals surface area contributed by atoms with Crippen molar-refractivity contribution in [3.8, 4) is 0 Å². The summed E-state index contributed by atoms with van der Waals surface area (Å²) in [6.45, 7) is 2.65. The topological polar surface area (TPSA) is 81.7 Å². The maximum atomic E-state index is 10.8. The van der Waals surface area contributed by atoms with Crippen molar-refractivity contribution in [3.63, 3.8) is 0 Å². The Morgan fingerprint density at radius 1 is 1.20 bits per heavy atom. The molecule has 0 aliphatic heterocycles. The number of Topliss-reactive ketones (excluding diaryl/α,β-unsaturated/α-hetero) is 1. The average Bonchev–Trinajstić information content (AvgIpc) is 2.15. The van der Waals surface area contributed by atoms with E-state index in [-0.39, 0.29) is 12.3 Å². The second kappa shape index (κ2) is 7.78. The third-order valence-electron chi connectivity index (χ3n) is 1.35. The molecule has 0 bridgehead atoms. The molecule has 0 rings (SSSR count). The number of alkyl carbamates (subject to hydrolysis) is 1. The highest BCUT2D eigenvalue weighted by Crippen LogP contribution is 1.91. The molecule has 1 amide bonds. The standard InChI is InChI=1S/C9H15NO5/c1-3-4-8(12)14-6-15-9(13)10-5-7(2)11/h3-6H2,1-2H3,(H,10,13). The summed E-state index contributed by atoms with van der Waals surface area (Å²) >= 11 is 0. The van der Waals surface area contributed by atoms with Crippen LogP contribution in [0.3, 0.4) is 0 Å². The van der Waals surface area contributed by atoms with Gasteiger partial charge >= 0.3 is 12.1 Å². The Morgan fingerprint density at radius 2 is 1.87 bits per heavy atom. The highest BCUT2D eigenvalue weighted by atomic mass is 16.7. The van der Waals surface area contributed by atoms with Gasteiger partial charge in [-0.3, -0.25) is 9.59 Å². The van der Waals surface area contributed by atoms with Crippen LogP contribution in [-0.4, -0.2) is 31.2 Å². The molecule has 6 nitrogen and oxygen atoms in total. The Hall–Kier alpha value is -1.59. The fourth-order valence-corrected chi connectivity index (χ4v) is 0.673. The van der Waals surface area contributed by atoms with Gasteiger partial charge in [-0.15, -0.1) is 0 Å². The number of hydrogen-bond acceptors (Lipinski definition) is 5. The van der Waals surface area contributed by atoms with Gasteiger partial charge in [0.05, 0.1) is 6.54 Å². The number of amides is 1. The van der Waals surface area contributed by atoms with E-state index in [1.54, 1.807) is 0 Å². The zero-order valence-corrected chi connectivity index (χ0v) is 8.87. The van der Waals surface area contributed by atoms with Crippen molar-refractivity contribution < 1.29 is 23.9 Å². The molecule has 0 aliphatic rings. The minimum absolute atomic E-state index is 0.0955. The van der Waals surface area contributed by atoms with E-state index in [2.05, 4.69) is 14.8 Å². The molecular formula is C9H15NO5. The molecule has 0 heterocycles. The number of nitrogens with one attached hydrogen (secondary N) is 1. The van der Waals surface area contributed by atoms with E-state index >= 15 is 0 Å². The number of ether oxygens (including phenoxy) is 2. The van der Waals surface area contributed by atoms with Crippen LogP contribution >= 0.6 is 0 Å². The van der Waals surface area contributed by atoms with Crippen molar-refractivity contribution in [1.29, 1.82) is 0 Å². The van der Waals surface area contributed by atoms with Gasteiger partial charge in [-0.05, 0) is 13.3 Å².